The third kappa shape index (κ3) is 5.18. The zero-order valence-corrected chi connectivity index (χ0v) is 9.19. The molecule has 1 rings (SSSR count). The van der Waals surface area contributed by atoms with Gasteiger partial charge in [0.1, 0.15) is 0 Å². The molecule has 80 valence electrons. The molecule has 0 saturated heterocycles. The Bertz CT molecular complexity index is 322. The molecule has 0 radical (unpaired) electrons. The average Bonchev–Trinajstić information content (AvgIpc) is 2.26. The molecule has 1 N–H and O–H groups in total. The smallest absolute Gasteiger partial charge is 0.0468 e. The van der Waals surface area contributed by atoms with Crippen molar-refractivity contribution in [2.24, 2.45) is 0 Å². The van der Waals surface area contributed by atoms with Gasteiger partial charge in [-0.2, -0.15) is 0 Å². The molecule has 1 nitrogen and oxygen atoms in total. The van der Waals surface area contributed by atoms with Gasteiger partial charge in [0.2, 0.25) is 0 Å². The molecule has 0 unspecified atom stereocenters. The van der Waals surface area contributed by atoms with Crippen molar-refractivity contribution in [1.29, 1.82) is 0 Å². The minimum atomic E-state index is 0.231. The van der Waals surface area contributed by atoms with Crippen LogP contribution in [0.1, 0.15) is 18.9 Å². The standard InChI is InChI=1S/C14H18O/c1-13(11-12-15)7-5-6-10-14-8-3-2-4-9-14/h2-9,15H,10-12H2,1H3/b6-5+,13-7+. The monoisotopic (exact) mass is 202 g/mol. The Morgan fingerprint density at radius 2 is 2.00 bits per heavy atom. The predicted octanol–water partition coefficient (Wildman–Crippen LogP) is 3.11. The fourth-order valence-corrected chi connectivity index (χ4v) is 1.31. The van der Waals surface area contributed by atoms with E-state index in [1.165, 1.54) is 11.1 Å². The van der Waals surface area contributed by atoms with Crippen LogP contribution < -0.4 is 0 Å². The highest BCUT2D eigenvalue weighted by Gasteiger charge is 1.86. The van der Waals surface area contributed by atoms with Crippen molar-refractivity contribution in [3.8, 4) is 0 Å². The van der Waals surface area contributed by atoms with Gasteiger partial charge in [-0.3, -0.25) is 0 Å². The third-order valence-corrected chi connectivity index (χ3v) is 2.22. The average molecular weight is 202 g/mol. The molecule has 0 heterocycles. The first-order valence-corrected chi connectivity index (χ1v) is 5.30. The molecular weight excluding hydrogens is 184 g/mol. The fourth-order valence-electron chi connectivity index (χ4n) is 1.31. The topological polar surface area (TPSA) is 20.2 Å². The van der Waals surface area contributed by atoms with E-state index in [4.69, 9.17) is 5.11 Å². The molecule has 1 aromatic rings. The number of aliphatic hydroxyl groups excluding tert-OH is 1. The van der Waals surface area contributed by atoms with Gasteiger partial charge in [0.05, 0.1) is 0 Å². The summed E-state index contributed by atoms with van der Waals surface area (Å²) in [5, 5.41) is 8.71. The summed E-state index contributed by atoms with van der Waals surface area (Å²) < 4.78 is 0. The summed E-state index contributed by atoms with van der Waals surface area (Å²) in [7, 11) is 0. The number of rotatable bonds is 5. The van der Waals surface area contributed by atoms with Crippen LogP contribution in [-0.4, -0.2) is 11.7 Å². The summed E-state index contributed by atoms with van der Waals surface area (Å²) in [4.78, 5) is 0. The van der Waals surface area contributed by atoms with Crippen molar-refractivity contribution in [1.82, 2.24) is 0 Å². The van der Waals surface area contributed by atoms with Gasteiger partial charge in [-0.1, -0.05) is 54.1 Å². The number of benzene rings is 1. The van der Waals surface area contributed by atoms with Crippen LogP contribution in [0.4, 0.5) is 0 Å². The van der Waals surface area contributed by atoms with E-state index in [-0.39, 0.29) is 6.61 Å². The Morgan fingerprint density at radius 1 is 1.27 bits per heavy atom. The zero-order valence-electron chi connectivity index (χ0n) is 9.19. The Labute approximate surface area is 91.8 Å². The normalized spacial score (nSPS) is 12.3. The highest BCUT2D eigenvalue weighted by Crippen LogP contribution is 2.02. The minimum Gasteiger partial charge on any atom is -0.396 e. The molecule has 0 aromatic heterocycles. The van der Waals surface area contributed by atoms with Gasteiger partial charge in [-0.15, -0.1) is 0 Å². The van der Waals surface area contributed by atoms with E-state index in [9.17, 15) is 0 Å². The summed E-state index contributed by atoms with van der Waals surface area (Å²) in [6.45, 7) is 2.26. The second kappa shape index (κ2) is 7.02. The van der Waals surface area contributed by atoms with Crippen LogP contribution in [0.2, 0.25) is 0 Å². The second-order valence-electron chi connectivity index (χ2n) is 3.60. The predicted molar refractivity (Wildman–Crippen MR) is 64.7 cm³/mol. The van der Waals surface area contributed by atoms with Gasteiger partial charge in [-0.25, -0.2) is 0 Å². The molecule has 0 bridgehead atoms. The summed E-state index contributed by atoms with van der Waals surface area (Å²) in [5.41, 5.74) is 2.53. The SMILES string of the molecule is C/C(=C\C=C\Cc1ccccc1)CCO. The Hall–Kier alpha value is -1.34. The molecule has 0 aliphatic heterocycles. The number of aliphatic hydroxyl groups is 1. The van der Waals surface area contributed by atoms with Crippen molar-refractivity contribution >= 4 is 0 Å². The molecular formula is C14H18O. The number of allylic oxidation sites excluding steroid dienone is 3. The van der Waals surface area contributed by atoms with Crippen LogP contribution >= 0.6 is 0 Å². The molecule has 0 saturated carbocycles. The van der Waals surface area contributed by atoms with Crippen molar-refractivity contribution in [2.45, 2.75) is 19.8 Å². The summed E-state index contributed by atoms with van der Waals surface area (Å²) in [5.74, 6) is 0. The third-order valence-electron chi connectivity index (χ3n) is 2.22. The van der Waals surface area contributed by atoms with Crippen LogP contribution in [0, 0.1) is 0 Å². The largest absolute Gasteiger partial charge is 0.396 e. The lowest BCUT2D eigenvalue weighted by molar-refractivity contribution is 0.299. The van der Waals surface area contributed by atoms with E-state index in [0.29, 0.717) is 0 Å². The second-order valence-corrected chi connectivity index (χ2v) is 3.60. The van der Waals surface area contributed by atoms with E-state index in [2.05, 4.69) is 42.5 Å². The van der Waals surface area contributed by atoms with Crippen molar-refractivity contribution in [3.63, 3.8) is 0 Å². The fraction of sp³-hybridized carbons (Fsp3) is 0.286. The van der Waals surface area contributed by atoms with Crippen molar-refractivity contribution in [3.05, 3.63) is 59.7 Å². The molecule has 1 aromatic carbocycles. The molecule has 0 aliphatic rings. The highest BCUT2D eigenvalue weighted by atomic mass is 16.2. The highest BCUT2D eigenvalue weighted by molar-refractivity contribution is 5.19. The van der Waals surface area contributed by atoms with Gasteiger partial charge in [0.25, 0.3) is 0 Å². The first-order valence-electron chi connectivity index (χ1n) is 5.30. The lowest BCUT2D eigenvalue weighted by Crippen LogP contribution is -1.82. The van der Waals surface area contributed by atoms with Crippen LogP contribution in [0.25, 0.3) is 0 Å². The molecule has 15 heavy (non-hydrogen) atoms. The maximum Gasteiger partial charge on any atom is 0.0468 e. The Balaban J connectivity index is 2.37. The minimum absolute atomic E-state index is 0.231. The van der Waals surface area contributed by atoms with E-state index in [0.717, 1.165) is 12.8 Å². The van der Waals surface area contributed by atoms with Crippen LogP contribution in [-0.2, 0) is 6.42 Å². The Morgan fingerprint density at radius 3 is 2.67 bits per heavy atom. The molecule has 0 spiro atoms. The lowest BCUT2D eigenvalue weighted by Gasteiger charge is -1.95. The molecule has 0 fully saturated rings. The lowest BCUT2D eigenvalue weighted by atomic mass is 10.1. The number of hydrogen-bond acceptors (Lipinski definition) is 1. The Kier molecular flexibility index (Phi) is 5.49. The van der Waals surface area contributed by atoms with Crippen LogP contribution in [0.15, 0.2) is 54.1 Å². The van der Waals surface area contributed by atoms with E-state index in [1.54, 1.807) is 0 Å². The van der Waals surface area contributed by atoms with E-state index >= 15 is 0 Å². The van der Waals surface area contributed by atoms with Gasteiger partial charge in [0, 0.05) is 6.61 Å². The number of hydrogen-bond donors (Lipinski definition) is 1. The molecule has 0 aliphatic carbocycles. The summed E-state index contributed by atoms with van der Waals surface area (Å²) in [6.07, 6.45) is 7.97. The maximum absolute atomic E-state index is 8.71. The van der Waals surface area contributed by atoms with Gasteiger partial charge >= 0.3 is 0 Å². The van der Waals surface area contributed by atoms with Crippen molar-refractivity contribution in [2.75, 3.05) is 6.61 Å². The van der Waals surface area contributed by atoms with Crippen molar-refractivity contribution < 1.29 is 5.11 Å². The maximum atomic E-state index is 8.71. The van der Waals surface area contributed by atoms with Crippen LogP contribution in [0.3, 0.4) is 0 Å². The van der Waals surface area contributed by atoms with Gasteiger partial charge in [-0.05, 0) is 25.3 Å². The van der Waals surface area contributed by atoms with E-state index in [1.807, 2.05) is 13.0 Å². The van der Waals surface area contributed by atoms with Crippen LogP contribution in [0.5, 0.6) is 0 Å². The molecule has 0 amide bonds. The van der Waals surface area contributed by atoms with E-state index < -0.39 is 0 Å². The molecule has 1 heteroatoms. The summed E-state index contributed by atoms with van der Waals surface area (Å²) >= 11 is 0. The first-order chi connectivity index (χ1) is 7.33. The van der Waals surface area contributed by atoms with Gasteiger partial charge < -0.3 is 5.11 Å². The quantitative estimate of drug-likeness (QED) is 0.727. The molecule has 0 atom stereocenters. The first kappa shape index (κ1) is 11.7. The van der Waals surface area contributed by atoms with Gasteiger partial charge in [0.15, 0.2) is 0 Å². The zero-order chi connectivity index (χ0) is 10.9. The summed E-state index contributed by atoms with van der Waals surface area (Å²) in [6, 6.07) is 10.4.